The third-order valence-electron chi connectivity index (χ3n) is 9.37. The lowest BCUT2D eigenvalue weighted by atomic mass is 10.0. The number of hydrogen-bond acceptors (Lipinski definition) is 1. The predicted molar refractivity (Wildman–Crippen MR) is 210 cm³/mol. The van der Waals surface area contributed by atoms with Crippen molar-refractivity contribution in [3.05, 3.63) is 142 Å². The standard InChI is InChI=1S/C22H30NP.C18H20ClP.2CH4/c1-4-5-16-23-24-21(19-10-6-17(2)7-11-19)14-15-22(24)20-12-8-18(3)9-13-20;1-13-3-7-15(8-4-13)17-11-12-18(20(17)19)16-9-5-14(2)6-10-16;;/h6-13,21-23H,4-5,14-16H2,1-3H3;3-10,17-18H,11-12H2,1-2H3;2*1H4/t21-,22-;17-,18-;;/m00../s1. The first-order valence-corrected chi connectivity index (χ1v) is 20.4. The summed E-state index contributed by atoms with van der Waals surface area (Å²) < 4.78 is 0. The van der Waals surface area contributed by atoms with Crippen LogP contribution >= 0.6 is 26.6 Å². The fourth-order valence-electron chi connectivity index (χ4n) is 6.62. The molecule has 0 spiro atoms. The molecule has 0 radical (unpaired) electrons. The summed E-state index contributed by atoms with van der Waals surface area (Å²) in [7, 11) is -0.697. The van der Waals surface area contributed by atoms with E-state index in [1.807, 2.05) is 0 Å². The van der Waals surface area contributed by atoms with Crippen molar-refractivity contribution in [2.24, 2.45) is 0 Å². The predicted octanol–water partition coefficient (Wildman–Crippen LogP) is 14.5. The van der Waals surface area contributed by atoms with Crippen molar-refractivity contribution in [2.75, 3.05) is 6.54 Å². The molecule has 2 aliphatic heterocycles. The molecule has 4 aromatic carbocycles. The minimum atomic E-state index is -0.491. The maximum Gasteiger partial charge on any atom is 0.0186 e. The molecule has 46 heavy (non-hydrogen) atoms. The van der Waals surface area contributed by atoms with Crippen LogP contribution < -0.4 is 5.09 Å². The molecule has 248 valence electrons. The van der Waals surface area contributed by atoms with E-state index in [4.69, 9.17) is 11.2 Å². The van der Waals surface area contributed by atoms with Gasteiger partial charge < -0.3 is 0 Å². The summed E-state index contributed by atoms with van der Waals surface area (Å²) in [5.74, 6) is 0. The van der Waals surface area contributed by atoms with Gasteiger partial charge in [0.25, 0.3) is 0 Å². The molecule has 0 aliphatic carbocycles. The minimum absolute atomic E-state index is 0. The van der Waals surface area contributed by atoms with Gasteiger partial charge >= 0.3 is 0 Å². The largest absolute Gasteiger partial charge is 0.295 e. The number of nitrogens with one attached hydrogen (secondary N) is 1. The number of aryl methyl sites for hydroxylation is 4. The van der Waals surface area contributed by atoms with Crippen LogP contribution in [0.1, 0.15) is 127 Å². The van der Waals surface area contributed by atoms with E-state index in [9.17, 15) is 0 Å². The molecule has 1 N–H and O–H groups in total. The zero-order valence-corrected chi connectivity index (χ0v) is 29.8. The first-order chi connectivity index (χ1) is 21.3. The van der Waals surface area contributed by atoms with Crippen molar-refractivity contribution in [3.8, 4) is 0 Å². The Morgan fingerprint density at radius 1 is 0.522 bits per heavy atom. The molecular weight excluding hydrogens is 616 g/mol. The lowest BCUT2D eigenvalue weighted by Crippen LogP contribution is -2.13. The van der Waals surface area contributed by atoms with E-state index in [1.165, 1.54) is 83.0 Å². The number of benzene rings is 4. The van der Waals surface area contributed by atoms with Gasteiger partial charge in [0.15, 0.2) is 0 Å². The number of unbranched alkanes of at least 4 members (excludes halogenated alkanes) is 1. The molecule has 0 saturated carbocycles. The second kappa shape index (κ2) is 18.5. The van der Waals surface area contributed by atoms with Crippen molar-refractivity contribution in [1.82, 2.24) is 5.09 Å². The molecule has 2 aliphatic rings. The Kier molecular flexibility index (Phi) is 15.5. The molecule has 1 nitrogen and oxygen atoms in total. The van der Waals surface area contributed by atoms with Crippen LogP contribution in [0.15, 0.2) is 97.1 Å². The van der Waals surface area contributed by atoms with Gasteiger partial charge in [-0.3, -0.25) is 5.09 Å². The molecule has 6 rings (SSSR count). The molecular formula is C42H58ClNP2. The summed E-state index contributed by atoms with van der Waals surface area (Å²) >= 11 is 6.86. The highest BCUT2D eigenvalue weighted by atomic mass is 35.7. The zero-order chi connectivity index (χ0) is 31.1. The second-order valence-corrected chi connectivity index (χ2v) is 18.4. The Bertz CT molecular complexity index is 1330. The lowest BCUT2D eigenvalue weighted by Gasteiger charge is -2.27. The first kappa shape index (κ1) is 38.4. The molecule has 4 heteroatoms. The topological polar surface area (TPSA) is 12.0 Å². The van der Waals surface area contributed by atoms with E-state index >= 15 is 0 Å². The maximum absolute atomic E-state index is 6.86. The number of rotatable bonds is 8. The highest BCUT2D eigenvalue weighted by Gasteiger charge is 2.38. The van der Waals surface area contributed by atoms with Crippen LogP contribution in [0.3, 0.4) is 0 Å². The molecule has 4 aromatic rings. The normalized spacial score (nSPS) is 21.2. The van der Waals surface area contributed by atoms with Crippen LogP contribution in [-0.2, 0) is 0 Å². The average molecular weight is 674 g/mol. The van der Waals surface area contributed by atoms with Crippen LogP contribution in [0.4, 0.5) is 0 Å². The Hall–Kier alpha value is -2.01. The van der Waals surface area contributed by atoms with Gasteiger partial charge in [0, 0.05) is 29.9 Å². The van der Waals surface area contributed by atoms with E-state index < -0.39 is 7.27 Å². The van der Waals surface area contributed by atoms with Gasteiger partial charge in [-0.2, -0.15) is 0 Å². The molecule has 0 aromatic heterocycles. The summed E-state index contributed by atoms with van der Waals surface area (Å²) in [6, 6.07) is 36.4. The quantitative estimate of drug-likeness (QED) is 0.145. The molecule has 2 fully saturated rings. The monoisotopic (exact) mass is 673 g/mol. The third-order valence-corrected chi connectivity index (χ3v) is 16.1. The summed E-state index contributed by atoms with van der Waals surface area (Å²) in [5.41, 5.74) is 13.8. The maximum atomic E-state index is 6.86. The average Bonchev–Trinajstić information content (AvgIpc) is 3.63. The van der Waals surface area contributed by atoms with Crippen LogP contribution in [0, 0.1) is 27.7 Å². The zero-order valence-electron chi connectivity index (χ0n) is 27.3. The second-order valence-electron chi connectivity index (χ2n) is 12.9. The Morgan fingerprint density at radius 2 is 0.804 bits per heavy atom. The number of hydrogen-bond donors (Lipinski definition) is 1. The summed E-state index contributed by atoms with van der Waals surface area (Å²) in [5, 5.41) is 3.97. The highest BCUT2D eigenvalue weighted by molar-refractivity contribution is 7.84. The van der Waals surface area contributed by atoms with Gasteiger partial charge in [-0.25, -0.2) is 0 Å². The van der Waals surface area contributed by atoms with Crippen molar-refractivity contribution in [2.45, 2.75) is 111 Å². The molecule has 0 bridgehead atoms. The van der Waals surface area contributed by atoms with Crippen LogP contribution in [0.5, 0.6) is 0 Å². The van der Waals surface area contributed by atoms with Gasteiger partial charge in [-0.1, -0.05) is 159 Å². The van der Waals surface area contributed by atoms with Crippen LogP contribution in [-0.4, -0.2) is 6.54 Å². The fraction of sp³-hybridized carbons (Fsp3) is 0.429. The van der Waals surface area contributed by atoms with Crippen LogP contribution in [0.2, 0.25) is 0 Å². The molecule has 0 unspecified atom stereocenters. The van der Waals surface area contributed by atoms with Gasteiger partial charge in [0.2, 0.25) is 0 Å². The van der Waals surface area contributed by atoms with Gasteiger partial charge in [0.1, 0.15) is 0 Å². The fourth-order valence-corrected chi connectivity index (χ4v) is 13.2. The molecule has 2 saturated heterocycles. The summed E-state index contributed by atoms with van der Waals surface area (Å²) in [4.78, 5) is 0. The Labute approximate surface area is 289 Å². The van der Waals surface area contributed by atoms with Crippen molar-refractivity contribution >= 4 is 26.6 Å². The Morgan fingerprint density at radius 3 is 1.11 bits per heavy atom. The van der Waals surface area contributed by atoms with Gasteiger partial charge in [0.05, 0.1) is 0 Å². The highest BCUT2D eigenvalue weighted by Crippen LogP contribution is 2.73. The molecule has 2 heterocycles. The van der Waals surface area contributed by atoms with Gasteiger partial charge in [-0.05, 0) is 96.7 Å². The first-order valence-electron chi connectivity index (χ1n) is 16.6. The van der Waals surface area contributed by atoms with E-state index in [0.29, 0.717) is 22.6 Å². The molecule has 4 atom stereocenters. The van der Waals surface area contributed by atoms with E-state index in [1.54, 1.807) is 0 Å². The third kappa shape index (κ3) is 9.77. The number of halogens is 1. The van der Waals surface area contributed by atoms with Crippen molar-refractivity contribution < 1.29 is 0 Å². The summed E-state index contributed by atoms with van der Waals surface area (Å²) in [6.45, 7) is 12.1. The SMILES string of the molecule is C.C.CCCCNP1[C@H](c2ccc(C)cc2)CC[C@H]1c1ccc(C)cc1.Cc1ccc([C@@H]2CC[C@@H](c3ccc(C)cc3)P2Cl)cc1. The molecule has 0 amide bonds. The summed E-state index contributed by atoms with van der Waals surface area (Å²) in [6.07, 6.45) is 7.60. The van der Waals surface area contributed by atoms with E-state index in [0.717, 1.165) is 6.54 Å². The van der Waals surface area contributed by atoms with E-state index in [2.05, 4.69) is 137 Å². The van der Waals surface area contributed by atoms with E-state index in [-0.39, 0.29) is 22.9 Å². The minimum Gasteiger partial charge on any atom is -0.295 e. The van der Waals surface area contributed by atoms with Crippen molar-refractivity contribution in [3.63, 3.8) is 0 Å². The van der Waals surface area contributed by atoms with Crippen LogP contribution in [0.25, 0.3) is 0 Å². The smallest absolute Gasteiger partial charge is 0.0186 e. The van der Waals surface area contributed by atoms with Crippen molar-refractivity contribution in [1.29, 1.82) is 0 Å². The lowest BCUT2D eigenvalue weighted by molar-refractivity contribution is 0.764. The Balaban J connectivity index is 0.000000243. The van der Waals surface area contributed by atoms with Gasteiger partial charge in [-0.15, -0.1) is 0 Å².